The van der Waals surface area contributed by atoms with E-state index in [-0.39, 0.29) is 3.95 Å². The molecule has 1 aliphatic rings. The molecule has 2 heterocycles. The van der Waals surface area contributed by atoms with Gasteiger partial charge in [0.15, 0.2) is 3.95 Å². The van der Waals surface area contributed by atoms with E-state index in [9.17, 15) is 24.9 Å². The fraction of sp³-hybridized carbons (Fsp3) is 0.125. The van der Waals surface area contributed by atoms with E-state index in [2.05, 4.69) is 4.99 Å². The first kappa shape index (κ1) is 17.1. The number of para-hydroxylation sites is 1. The molecule has 2 aromatic rings. The molecule has 1 aromatic heterocycles. The Balaban J connectivity index is 2.05. The third-order valence-corrected chi connectivity index (χ3v) is 4.97. The van der Waals surface area contributed by atoms with Crippen LogP contribution in [0.1, 0.15) is 22.9 Å². The smallest absolute Gasteiger partial charge is 0.211 e. The summed E-state index contributed by atoms with van der Waals surface area (Å²) < 4.78 is 0.873. The number of hydrogen-bond donors (Lipinski definition) is 1. The predicted octanol–water partition coefficient (Wildman–Crippen LogP) is 0.672. The Bertz CT molecular complexity index is 987. The van der Waals surface area contributed by atoms with Gasteiger partial charge in [-0.2, -0.15) is 0 Å². The summed E-state index contributed by atoms with van der Waals surface area (Å²) in [5.41, 5.74) is 2.36. The number of rotatable bonds is 5. The zero-order chi connectivity index (χ0) is 18.1. The Morgan fingerprint density at radius 3 is 2.76 bits per heavy atom. The number of carboxylic acids is 2. The Kier molecular flexibility index (Phi) is 4.51. The van der Waals surface area contributed by atoms with Crippen molar-refractivity contribution in [1.82, 2.24) is 4.57 Å². The number of benzene rings is 1. The van der Waals surface area contributed by atoms with Crippen LogP contribution in [0, 0.1) is 3.95 Å². The Morgan fingerprint density at radius 1 is 1.36 bits per heavy atom. The lowest BCUT2D eigenvalue weighted by atomic mass is 10.1. The summed E-state index contributed by atoms with van der Waals surface area (Å²) >= 11 is 6.04. The van der Waals surface area contributed by atoms with Crippen molar-refractivity contribution in [2.45, 2.75) is 12.5 Å². The minimum atomic E-state index is -1.67. The molecule has 25 heavy (non-hydrogen) atoms. The first-order valence-electron chi connectivity index (χ1n) is 7.08. The van der Waals surface area contributed by atoms with E-state index in [1.165, 1.54) is 0 Å². The largest absolute Gasteiger partial charge is 0.550 e. The van der Waals surface area contributed by atoms with Crippen molar-refractivity contribution in [3.05, 3.63) is 38.7 Å². The second kappa shape index (κ2) is 6.61. The summed E-state index contributed by atoms with van der Waals surface area (Å²) in [5.74, 6) is -3.69. The van der Waals surface area contributed by atoms with Crippen LogP contribution in [0.4, 0.5) is 5.69 Å². The molecule has 1 atom stereocenters. The van der Waals surface area contributed by atoms with E-state index in [1.807, 2.05) is 24.3 Å². The van der Waals surface area contributed by atoms with Crippen LogP contribution in [-0.4, -0.2) is 27.8 Å². The Hall–Kier alpha value is -2.78. The summed E-state index contributed by atoms with van der Waals surface area (Å²) in [4.78, 5) is 26.6. The highest BCUT2D eigenvalue weighted by atomic mass is 32.1. The van der Waals surface area contributed by atoms with Gasteiger partial charge >= 0.3 is 0 Å². The first-order chi connectivity index (χ1) is 11.9. The molecule has 0 saturated heterocycles. The van der Waals surface area contributed by atoms with Crippen LogP contribution in [0.3, 0.4) is 0 Å². The van der Waals surface area contributed by atoms with Crippen molar-refractivity contribution in [3.63, 3.8) is 0 Å². The molecular formula is C16H10N2O5S2-2. The number of allylic oxidation sites excluding steroid dienone is 1. The van der Waals surface area contributed by atoms with Crippen molar-refractivity contribution in [2.75, 3.05) is 0 Å². The maximum Gasteiger partial charge on any atom is 0.211 e. The number of carboxylic acid groups (broad SMARTS) is 2. The van der Waals surface area contributed by atoms with Gasteiger partial charge in [0, 0.05) is 29.7 Å². The SMILES string of the molecule is O=C([O-])C[C@@H](C(=O)[O-])n1c(O)c(/C=C2\C=Nc3ccccc32)sc1=S. The second-order valence-electron chi connectivity index (χ2n) is 5.21. The minimum Gasteiger partial charge on any atom is -0.550 e. The van der Waals surface area contributed by atoms with Crippen LogP contribution in [0.25, 0.3) is 11.6 Å². The molecule has 1 aromatic carbocycles. The summed E-state index contributed by atoms with van der Waals surface area (Å²) in [7, 11) is 0. The molecule has 0 aliphatic carbocycles. The first-order valence-corrected chi connectivity index (χ1v) is 8.31. The van der Waals surface area contributed by atoms with Gasteiger partial charge < -0.3 is 24.9 Å². The van der Waals surface area contributed by atoms with E-state index in [1.54, 1.807) is 12.3 Å². The van der Waals surface area contributed by atoms with Crippen molar-refractivity contribution in [1.29, 1.82) is 0 Å². The molecule has 3 rings (SSSR count). The van der Waals surface area contributed by atoms with Crippen molar-refractivity contribution < 1.29 is 24.9 Å². The molecule has 0 fully saturated rings. The molecule has 0 bridgehead atoms. The van der Waals surface area contributed by atoms with E-state index >= 15 is 0 Å². The molecule has 0 unspecified atom stereocenters. The van der Waals surface area contributed by atoms with Gasteiger partial charge in [-0.15, -0.1) is 11.3 Å². The molecule has 0 spiro atoms. The molecule has 0 saturated carbocycles. The number of nitrogens with zero attached hydrogens (tertiary/aromatic N) is 2. The second-order valence-corrected chi connectivity index (χ2v) is 6.89. The van der Waals surface area contributed by atoms with E-state index in [0.717, 1.165) is 32.7 Å². The van der Waals surface area contributed by atoms with E-state index in [0.29, 0.717) is 4.88 Å². The lowest BCUT2D eigenvalue weighted by Gasteiger charge is -2.20. The highest BCUT2D eigenvalue weighted by Crippen LogP contribution is 2.37. The van der Waals surface area contributed by atoms with Crippen LogP contribution in [0.2, 0.25) is 0 Å². The number of aromatic nitrogens is 1. The number of aliphatic carboxylic acids is 2. The maximum atomic E-state index is 11.2. The van der Waals surface area contributed by atoms with Crippen molar-refractivity contribution in [3.8, 4) is 5.88 Å². The zero-order valence-corrected chi connectivity index (χ0v) is 14.2. The normalized spacial score (nSPS) is 15.3. The summed E-state index contributed by atoms with van der Waals surface area (Å²) in [5, 5.41) is 32.4. The van der Waals surface area contributed by atoms with Gasteiger partial charge in [-0.05, 0) is 24.4 Å². The fourth-order valence-corrected chi connectivity index (χ4v) is 3.85. The van der Waals surface area contributed by atoms with Crippen molar-refractivity contribution >= 4 is 59.0 Å². The number of aliphatic imine (C=N–C) groups is 1. The van der Waals surface area contributed by atoms with Crippen molar-refractivity contribution in [2.24, 2.45) is 4.99 Å². The van der Waals surface area contributed by atoms with Crippen LogP contribution in [-0.2, 0) is 9.59 Å². The summed E-state index contributed by atoms with van der Waals surface area (Å²) in [6.07, 6.45) is 2.38. The molecular weight excluding hydrogens is 364 g/mol. The zero-order valence-electron chi connectivity index (χ0n) is 12.5. The van der Waals surface area contributed by atoms with E-state index in [4.69, 9.17) is 12.2 Å². The molecule has 7 nitrogen and oxygen atoms in total. The average Bonchev–Trinajstić information content (AvgIpc) is 3.07. The van der Waals surface area contributed by atoms with Crippen LogP contribution in [0.15, 0.2) is 29.3 Å². The number of fused-ring (bicyclic) bond motifs is 1. The van der Waals surface area contributed by atoms with Crippen LogP contribution < -0.4 is 10.2 Å². The molecule has 1 aliphatic heterocycles. The third kappa shape index (κ3) is 3.24. The van der Waals surface area contributed by atoms with Gasteiger partial charge in [-0.25, -0.2) is 0 Å². The molecule has 128 valence electrons. The van der Waals surface area contributed by atoms with E-state index < -0.39 is 30.3 Å². The topological polar surface area (TPSA) is 118 Å². The van der Waals surface area contributed by atoms with Gasteiger partial charge in [-0.1, -0.05) is 18.2 Å². The minimum absolute atomic E-state index is 0.0167. The van der Waals surface area contributed by atoms with Crippen LogP contribution in [0.5, 0.6) is 5.88 Å². The molecule has 0 amide bonds. The van der Waals surface area contributed by atoms with Gasteiger partial charge in [0.05, 0.1) is 22.6 Å². The summed E-state index contributed by atoms with van der Waals surface area (Å²) in [6.45, 7) is 0. The number of hydrogen-bond acceptors (Lipinski definition) is 8. The average molecular weight is 374 g/mol. The predicted molar refractivity (Wildman–Crippen MR) is 90.9 cm³/mol. The number of aromatic hydroxyl groups is 1. The standard InChI is InChI=1S/C16H12N2O5S2/c19-13(20)6-11(15(22)23)18-14(21)12(25-16(18)24)5-8-7-17-10-4-2-1-3-9(8)10/h1-5,7,11,21H,6H2,(H,19,20)(H,22,23)/p-2/b8-5+/t11-/m0/s1. The lowest BCUT2D eigenvalue weighted by Crippen LogP contribution is -2.37. The highest BCUT2D eigenvalue weighted by molar-refractivity contribution is 7.73. The Morgan fingerprint density at radius 2 is 2.08 bits per heavy atom. The number of carbonyl (C=O) groups is 2. The highest BCUT2D eigenvalue weighted by Gasteiger charge is 2.21. The van der Waals surface area contributed by atoms with Gasteiger partial charge in [0.25, 0.3) is 0 Å². The quantitative estimate of drug-likeness (QED) is 0.769. The molecule has 0 radical (unpaired) electrons. The van der Waals surface area contributed by atoms with Crippen LogP contribution >= 0.6 is 23.6 Å². The Labute approximate surface area is 150 Å². The maximum absolute atomic E-state index is 11.2. The lowest BCUT2D eigenvalue weighted by molar-refractivity contribution is -0.319. The van der Waals surface area contributed by atoms with Gasteiger partial charge in [0.2, 0.25) is 5.88 Å². The number of carbonyl (C=O) groups excluding carboxylic acids is 2. The monoisotopic (exact) mass is 374 g/mol. The molecule has 1 N–H and O–H groups in total. The third-order valence-electron chi connectivity index (χ3n) is 3.63. The van der Waals surface area contributed by atoms with Gasteiger partial charge in [-0.3, -0.25) is 9.56 Å². The fourth-order valence-electron chi connectivity index (χ4n) is 2.50. The summed E-state index contributed by atoms with van der Waals surface area (Å²) in [6, 6.07) is 5.75. The number of thiazole rings is 1. The molecule has 9 heteroatoms. The van der Waals surface area contributed by atoms with Gasteiger partial charge in [0.1, 0.15) is 0 Å².